The zero-order chi connectivity index (χ0) is 19.9. The lowest BCUT2D eigenvalue weighted by atomic mass is 10.0. The first kappa shape index (κ1) is 19.0. The Morgan fingerprint density at radius 1 is 0.929 bits per heavy atom. The Bertz CT molecular complexity index is 1000. The SMILES string of the molecule is COc1ccc(O)c(C(Cc2ccccc2)=NNC(=O)c2ccccc2O)c1. The van der Waals surface area contributed by atoms with Gasteiger partial charge in [-0.15, -0.1) is 0 Å². The highest BCUT2D eigenvalue weighted by molar-refractivity contribution is 6.05. The van der Waals surface area contributed by atoms with Gasteiger partial charge in [-0.05, 0) is 35.9 Å². The Kier molecular flexibility index (Phi) is 5.91. The van der Waals surface area contributed by atoms with E-state index in [-0.39, 0.29) is 17.1 Å². The van der Waals surface area contributed by atoms with Gasteiger partial charge in [0.1, 0.15) is 17.2 Å². The summed E-state index contributed by atoms with van der Waals surface area (Å²) in [5.41, 5.74) is 4.43. The second-order valence-electron chi connectivity index (χ2n) is 6.06. The van der Waals surface area contributed by atoms with Crippen LogP contribution in [-0.4, -0.2) is 28.9 Å². The number of rotatable bonds is 6. The summed E-state index contributed by atoms with van der Waals surface area (Å²) in [7, 11) is 1.53. The number of carbonyl (C=O) groups is 1. The third-order valence-electron chi connectivity index (χ3n) is 4.17. The van der Waals surface area contributed by atoms with Crippen molar-refractivity contribution in [2.24, 2.45) is 5.10 Å². The molecule has 0 unspecified atom stereocenters. The van der Waals surface area contributed by atoms with E-state index < -0.39 is 5.91 Å². The third-order valence-corrected chi connectivity index (χ3v) is 4.17. The second kappa shape index (κ2) is 8.73. The van der Waals surface area contributed by atoms with Crippen LogP contribution in [-0.2, 0) is 6.42 Å². The van der Waals surface area contributed by atoms with Gasteiger partial charge in [0.05, 0.1) is 18.4 Å². The number of aromatic hydroxyl groups is 2. The summed E-state index contributed by atoms with van der Waals surface area (Å²) in [6.45, 7) is 0. The molecule has 1 amide bonds. The van der Waals surface area contributed by atoms with Crippen LogP contribution in [0.5, 0.6) is 17.2 Å². The van der Waals surface area contributed by atoms with E-state index in [9.17, 15) is 15.0 Å². The molecule has 3 rings (SSSR count). The molecule has 0 radical (unpaired) electrons. The van der Waals surface area contributed by atoms with E-state index in [0.717, 1.165) is 5.56 Å². The number of phenolic OH excluding ortho intramolecular Hbond substituents is 2. The first-order valence-corrected chi connectivity index (χ1v) is 8.64. The van der Waals surface area contributed by atoms with Gasteiger partial charge in [-0.2, -0.15) is 5.10 Å². The number of hydrogen-bond donors (Lipinski definition) is 3. The van der Waals surface area contributed by atoms with Crippen molar-refractivity contribution in [2.75, 3.05) is 7.11 Å². The van der Waals surface area contributed by atoms with Gasteiger partial charge in [-0.3, -0.25) is 4.79 Å². The van der Waals surface area contributed by atoms with Crippen LogP contribution < -0.4 is 10.2 Å². The van der Waals surface area contributed by atoms with Crippen LogP contribution in [0.25, 0.3) is 0 Å². The molecular formula is C22H20N2O4. The predicted molar refractivity (Wildman–Crippen MR) is 107 cm³/mol. The minimum atomic E-state index is -0.550. The standard InChI is InChI=1S/C22H20N2O4/c1-28-16-11-12-21(26)18(14-16)19(13-15-7-3-2-4-8-15)23-24-22(27)17-9-5-6-10-20(17)25/h2-12,14,25-26H,13H2,1H3,(H,24,27). The number of methoxy groups -OCH3 is 1. The van der Waals surface area contributed by atoms with Gasteiger partial charge >= 0.3 is 0 Å². The molecule has 0 aliphatic carbocycles. The second-order valence-corrected chi connectivity index (χ2v) is 6.06. The van der Waals surface area contributed by atoms with Gasteiger partial charge in [0.25, 0.3) is 5.91 Å². The molecule has 142 valence electrons. The van der Waals surface area contributed by atoms with Crippen LogP contribution in [0.2, 0.25) is 0 Å². The lowest BCUT2D eigenvalue weighted by Gasteiger charge is -2.11. The summed E-state index contributed by atoms with van der Waals surface area (Å²) in [4.78, 5) is 12.4. The van der Waals surface area contributed by atoms with Crippen molar-refractivity contribution < 1.29 is 19.7 Å². The van der Waals surface area contributed by atoms with Crippen LogP contribution >= 0.6 is 0 Å². The Morgan fingerprint density at radius 2 is 1.61 bits per heavy atom. The van der Waals surface area contributed by atoms with E-state index in [1.807, 2.05) is 30.3 Å². The molecule has 0 aromatic heterocycles. The van der Waals surface area contributed by atoms with E-state index in [1.165, 1.54) is 25.3 Å². The highest BCUT2D eigenvalue weighted by Crippen LogP contribution is 2.25. The van der Waals surface area contributed by atoms with Crippen molar-refractivity contribution in [3.63, 3.8) is 0 Å². The van der Waals surface area contributed by atoms with Crippen molar-refractivity contribution in [1.29, 1.82) is 0 Å². The van der Waals surface area contributed by atoms with E-state index >= 15 is 0 Å². The molecule has 0 atom stereocenters. The topological polar surface area (TPSA) is 91.2 Å². The molecule has 0 spiro atoms. The maximum absolute atomic E-state index is 12.4. The maximum atomic E-state index is 12.4. The summed E-state index contributed by atoms with van der Waals surface area (Å²) in [6.07, 6.45) is 0.378. The number of carbonyl (C=O) groups excluding carboxylic acids is 1. The molecule has 3 N–H and O–H groups in total. The molecule has 3 aromatic rings. The quantitative estimate of drug-likeness (QED) is 0.454. The summed E-state index contributed by atoms with van der Waals surface area (Å²) >= 11 is 0. The number of hydrazone groups is 1. The van der Waals surface area contributed by atoms with Gasteiger partial charge in [0, 0.05) is 12.0 Å². The third kappa shape index (κ3) is 4.48. The van der Waals surface area contributed by atoms with E-state index in [0.29, 0.717) is 23.4 Å². The maximum Gasteiger partial charge on any atom is 0.275 e. The minimum absolute atomic E-state index is 0.0206. The van der Waals surface area contributed by atoms with E-state index in [4.69, 9.17) is 4.74 Å². The monoisotopic (exact) mass is 376 g/mol. The Hall–Kier alpha value is -3.80. The molecule has 0 fully saturated rings. The number of hydrogen-bond acceptors (Lipinski definition) is 5. The Morgan fingerprint density at radius 3 is 2.32 bits per heavy atom. The Labute approximate surface area is 162 Å². The first-order chi connectivity index (χ1) is 13.6. The van der Waals surface area contributed by atoms with Crippen molar-refractivity contribution in [3.8, 4) is 17.2 Å². The predicted octanol–water partition coefficient (Wildman–Crippen LogP) is 3.48. The van der Waals surface area contributed by atoms with E-state index in [2.05, 4.69) is 10.5 Å². The molecule has 0 saturated carbocycles. The summed E-state index contributed by atoms with van der Waals surface area (Å²) in [5, 5.41) is 24.4. The highest BCUT2D eigenvalue weighted by Gasteiger charge is 2.14. The first-order valence-electron chi connectivity index (χ1n) is 8.64. The number of ether oxygens (including phenoxy) is 1. The minimum Gasteiger partial charge on any atom is -0.507 e. The summed E-state index contributed by atoms with van der Waals surface area (Å²) in [5.74, 6) is -0.108. The molecule has 6 heteroatoms. The Balaban J connectivity index is 1.95. The van der Waals surface area contributed by atoms with Gasteiger partial charge in [-0.25, -0.2) is 5.43 Å². The molecule has 0 bridgehead atoms. The smallest absolute Gasteiger partial charge is 0.275 e. The van der Waals surface area contributed by atoms with Gasteiger partial charge in [-0.1, -0.05) is 42.5 Å². The number of phenols is 2. The fraction of sp³-hybridized carbons (Fsp3) is 0.0909. The van der Waals surface area contributed by atoms with Crippen LogP contribution in [0.3, 0.4) is 0 Å². The van der Waals surface area contributed by atoms with Crippen molar-refractivity contribution >= 4 is 11.6 Å². The molecule has 0 aliphatic rings. The average Bonchev–Trinajstić information content (AvgIpc) is 2.72. The van der Waals surface area contributed by atoms with Crippen molar-refractivity contribution in [3.05, 3.63) is 89.5 Å². The zero-order valence-electron chi connectivity index (χ0n) is 15.3. The number of amides is 1. The number of nitrogens with zero attached hydrogens (tertiary/aromatic N) is 1. The van der Waals surface area contributed by atoms with Crippen LogP contribution in [0, 0.1) is 0 Å². The lowest BCUT2D eigenvalue weighted by Crippen LogP contribution is -2.21. The van der Waals surface area contributed by atoms with Crippen molar-refractivity contribution in [1.82, 2.24) is 5.43 Å². The number of nitrogens with one attached hydrogen (secondary N) is 1. The fourth-order valence-electron chi connectivity index (χ4n) is 2.70. The summed E-state index contributed by atoms with van der Waals surface area (Å²) in [6, 6.07) is 20.6. The average molecular weight is 376 g/mol. The number of para-hydroxylation sites is 1. The molecule has 0 heterocycles. The molecule has 0 aliphatic heterocycles. The van der Waals surface area contributed by atoms with Crippen LogP contribution in [0.4, 0.5) is 0 Å². The largest absolute Gasteiger partial charge is 0.507 e. The van der Waals surface area contributed by atoms with Crippen LogP contribution in [0.15, 0.2) is 77.9 Å². The highest BCUT2D eigenvalue weighted by atomic mass is 16.5. The van der Waals surface area contributed by atoms with E-state index in [1.54, 1.807) is 24.3 Å². The van der Waals surface area contributed by atoms with Crippen molar-refractivity contribution in [2.45, 2.75) is 6.42 Å². The molecule has 28 heavy (non-hydrogen) atoms. The zero-order valence-corrected chi connectivity index (χ0v) is 15.3. The van der Waals surface area contributed by atoms with Gasteiger partial charge in [0.15, 0.2) is 0 Å². The van der Waals surface area contributed by atoms with Gasteiger partial charge in [0.2, 0.25) is 0 Å². The molecular weight excluding hydrogens is 356 g/mol. The summed E-state index contributed by atoms with van der Waals surface area (Å²) < 4.78 is 5.23. The molecule has 6 nitrogen and oxygen atoms in total. The fourth-order valence-corrected chi connectivity index (χ4v) is 2.70. The molecule has 0 saturated heterocycles. The lowest BCUT2D eigenvalue weighted by molar-refractivity contribution is 0.0952. The molecule has 3 aromatic carbocycles. The van der Waals surface area contributed by atoms with Gasteiger partial charge < -0.3 is 14.9 Å². The van der Waals surface area contributed by atoms with Crippen LogP contribution in [0.1, 0.15) is 21.5 Å². The normalized spacial score (nSPS) is 11.1. The number of benzene rings is 3.